The van der Waals surface area contributed by atoms with Crippen molar-refractivity contribution in [1.29, 1.82) is 0 Å². The van der Waals surface area contributed by atoms with Crippen LogP contribution in [0.3, 0.4) is 0 Å². The Labute approximate surface area is 134 Å². The molecular formula is C18H30O4. The summed E-state index contributed by atoms with van der Waals surface area (Å²) in [4.78, 5) is 11.0. The molecule has 1 atom stereocenters. The van der Waals surface area contributed by atoms with Gasteiger partial charge in [-0.2, -0.15) is 0 Å². The third-order valence-corrected chi connectivity index (χ3v) is 3.89. The van der Waals surface area contributed by atoms with E-state index in [0.29, 0.717) is 12.7 Å². The Bertz CT molecular complexity index is 421. The molecule has 4 heteroatoms. The van der Waals surface area contributed by atoms with Crippen LogP contribution in [0.4, 0.5) is 4.79 Å². The molecule has 4 nitrogen and oxygen atoms in total. The molecule has 1 unspecified atom stereocenters. The summed E-state index contributed by atoms with van der Waals surface area (Å²) in [5.41, 5.74) is 2.74. The molecule has 0 aliphatic carbocycles. The smallest absolute Gasteiger partial charge is 0.435 e. The van der Waals surface area contributed by atoms with Crippen LogP contribution in [0.1, 0.15) is 60.3 Å². The Morgan fingerprint density at radius 2 is 1.77 bits per heavy atom. The topological polar surface area (TPSA) is 48.1 Å². The fourth-order valence-electron chi connectivity index (χ4n) is 2.26. The van der Waals surface area contributed by atoms with Crippen molar-refractivity contribution in [2.24, 2.45) is 0 Å². The molecule has 0 saturated carbocycles. The molecule has 0 bridgehead atoms. The highest BCUT2D eigenvalue weighted by Crippen LogP contribution is 2.38. The van der Waals surface area contributed by atoms with Gasteiger partial charge in [-0.3, -0.25) is 0 Å². The standard InChI is InChI=1S/C18H30O4/c1-6-20-17(19)21-13-12-15(3)9-7-8-14(2)10-11-16-18(4,5)22-16/h8,12,16H,6-7,9-11,13H2,1-5H3/b14-8+,15-12+. The monoisotopic (exact) mass is 310 g/mol. The van der Waals surface area contributed by atoms with Gasteiger partial charge in [0.05, 0.1) is 18.3 Å². The lowest BCUT2D eigenvalue weighted by molar-refractivity contribution is 0.0672. The van der Waals surface area contributed by atoms with Gasteiger partial charge >= 0.3 is 6.16 Å². The average molecular weight is 310 g/mol. The second-order valence-corrected chi connectivity index (χ2v) is 6.38. The van der Waals surface area contributed by atoms with Crippen LogP contribution in [-0.2, 0) is 14.2 Å². The molecule has 126 valence electrons. The second kappa shape index (κ2) is 8.99. The van der Waals surface area contributed by atoms with E-state index in [9.17, 15) is 4.79 Å². The number of hydrogen-bond donors (Lipinski definition) is 0. The van der Waals surface area contributed by atoms with Crippen molar-refractivity contribution in [2.45, 2.75) is 72.0 Å². The number of epoxide rings is 1. The predicted octanol–water partition coefficient (Wildman–Crippen LogP) is 4.79. The van der Waals surface area contributed by atoms with Crippen LogP contribution in [-0.4, -0.2) is 31.1 Å². The van der Waals surface area contributed by atoms with Crippen LogP contribution in [0.15, 0.2) is 23.3 Å². The van der Waals surface area contributed by atoms with Gasteiger partial charge in [0, 0.05) is 0 Å². The molecule has 0 aromatic carbocycles. The van der Waals surface area contributed by atoms with Crippen LogP contribution in [0.2, 0.25) is 0 Å². The molecule has 1 aliphatic heterocycles. The Hall–Kier alpha value is -1.29. The molecular weight excluding hydrogens is 280 g/mol. The van der Waals surface area contributed by atoms with E-state index < -0.39 is 6.16 Å². The highest BCUT2D eigenvalue weighted by molar-refractivity contribution is 5.59. The third-order valence-electron chi connectivity index (χ3n) is 3.89. The Kier molecular flexibility index (Phi) is 7.66. The largest absolute Gasteiger partial charge is 0.508 e. The molecule has 0 aromatic heterocycles. The van der Waals surface area contributed by atoms with Gasteiger partial charge in [-0.05, 0) is 66.4 Å². The maximum absolute atomic E-state index is 11.0. The summed E-state index contributed by atoms with van der Waals surface area (Å²) in [6.07, 6.45) is 8.25. The summed E-state index contributed by atoms with van der Waals surface area (Å²) in [5, 5.41) is 0. The fraction of sp³-hybridized carbons (Fsp3) is 0.722. The lowest BCUT2D eigenvalue weighted by atomic mass is 10.0. The van der Waals surface area contributed by atoms with Crippen molar-refractivity contribution in [1.82, 2.24) is 0 Å². The van der Waals surface area contributed by atoms with E-state index in [1.54, 1.807) is 6.92 Å². The summed E-state index contributed by atoms with van der Waals surface area (Å²) in [6, 6.07) is 0. The maximum atomic E-state index is 11.0. The molecule has 0 amide bonds. The minimum absolute atomic E-state index is 0.0958. The molecule has 1 fully saturated rings. The number of allylic oxidation sites excluding steroid dienone is 3. The number of carbonyl (C=O) groups is 1. The van der Waals surface area contributed by atoms with Gasteiger partial charge in [0.2, 0.25) is 0 Å². The molecule has 1 heterocycles. The number of ether oxygens (including phenoxy) is 3. The summed E-state index contributed by atoms with van der Waals surface area (Å²) in [7, 11) is 0. The van der Waals surface area contributed by atoms with Crippen molar-refractivity contribution < 1.29 is 19.0 Å². The quantitative estimate of drug-likeness (QED) is 0.349. The van der Waals surface area contributed by atoms with Crippen LogP contribution >= 0.6 is 0 Å². The summed E-state index contributed by atoms with van der Waals surface area (Å²) >= 11 is 0. The van der Waals surface area contributed by atoms with E-state index in [1.165, 1.54) is 11.1 Å². The zero-order chi connectivity index (χ0) is 16.6. The van der Waals surface area contributed by atoms with E-state index >= 15 is 0 Å². The minimum Gasteiger partial charge on any atom is -0.435 e. The fourth-order valence-corrected chi connectivity index (χ4v) is 2.26. The highest BCUT2D eigenvalue weighted by Gasteiger charge is 2.46. The van der Waals surface area contributed by atoms with Crippen LogP contribution in [0.5, 0.6) is 0 Å². The molecule has 0 spiro atoms. The van der Waals surface area contributed by atoms with Gasteiger partial charge in [0.15, 0.2) is 0 Å². The maximum Gasteiger partial charge on any atom is 0.508 e. The Balaban J connectivity index is 2.13. The summed E-state index contributed by atoms with van der Waals surface area (Å²) < 4.78 is 15.2. The zero-order valence-corrected chi connectivity index (χ0v) is 14.6. The summed E-state index contributed by atoms with van der Waals surface area (Å²) in [5.74, 6) is 0. The van der Waals surface area contributed by atoms with Crippen molar-refractivity contribution in [3.63, 3.8) is 0 Å². The normalized spacial score (nSPS) is 20.7. The first-order valence-electron chi connectivity index (χ1n) is 8.13. The van der Waals surface area contributed by atoms with Crippen molar-refractivity contribution in [2.75, 3.05) is 13.2 Å². The first kappa shape index (κ1) is 18.8. The molecule has 0 radical (unpaired) electrons. The lowest BCUT2D eigenvalue weighted by Crippen LogP contribution is -2.06. The zero-order valence-electron chi connectivity index (χ0n) is 14.6. The Morgan fingerprint density at radius 1 is 1.14 bits per heavy atom. The SMILES string of the molecule is CCOC(=O)OC/C=C(\C)CC/C=C(\C)CCC1OC1(C)C. The first-order valence-corrected chi connectivity index (χ1v) is 8.13. The van der Waals surface area contributed by atoms with Gasteiger partial charge < -0.3 is 14.2 Å². The van der Waals surface area contributed by atoms with Crippen LogP contribution in [0, 0.1) is 0 Å². The summed E-state index contributed by atoms with van der Waals surface area (Å²) in [6.45, 7) is 10.9. The van der Waals surface area contributed by atoms with Gasteiger partial charge in [-0.15, -0.1) is 0 Å². The average Bonchev–Trinajstić information content (AvgIpc) is 3.04. The predicted molar refractivity (Wildman–Crippen MR) is 87.9 cm³/mol. The van der Waals surface area contributed by atoms with Gasteiger partial charge in [-0.1, -0.05) is 17.2 Å². The van der Waals surface area contributed by atoms with Crippen molar-refractivity contribution in [3.05, 3.63) is 23.3 Å². The third kappa shape index (κ3) is 7.64. The van der Waals surface area contributed by atoms with Crippen LogP contribution < -0.4 is 0 Å². The van der Waals surface area contributed by atoms with Crippen molar-refractivity contribution in [3.8, 4) is 0 Å². The molecule has 0 aromatic rings. The molecule has 1 saturated heterocycles. The Morgan fingerprint density at radius 3 is 2.36 bits per heavy atom. The minimum atomic E-state index is -0.604. The van der Waals surface area contributed by atoms with E-state index in [1.807, 2.05) is 6.08 Å². The van der Waals surface area contributed by atoms with E-state index in [2.05, 4.69) is 33.8 Å². The van der Waals surface area contributed by atoms with Gasteiger partial charge in [0.1, 0.15) is 6.61 Å². The van der Waals surface area contributed by atoms with Crippen LogP contribution in [0.25, 0.3) is 0 Å². The highest BCUT2D eigenvalue weighted by atomic mass is 16.7. The molecule has 1 aliphatic rings. The van der Waals surface area contributed by atoms with Crippen molar-refractivity contribution >= 4 is 6.16 Å². The number of rotatable bonds is 9. The molecule has 0 N–H and O–H groups in total. The van der Waals surface area contributed by atoms with Gasteiger partial charge in [-0.25, -0.2) is 4.79 Å². The van der Waals surface area contributed by atoms with Gasteiger partial charge in [0.25, 0.3) is 0 Å². The molecule has 22 heavy (non-hydrogen) atoms. The number of hydrogen-bond acceptors (Lipinski definition) is 4. The number of carbonyl (C=O) groups excluding carboxylic acids is 1. The van der Waals surface area contributed by atoms with E-state index in [4.69, 9.17) is 14.2 Å². The first-order chi connectivity index (χ1) is 10.3. The van der Waals surface area contributed by atoms with E-state index in [-0.39, 0.29) is 12.2 Å². The lowest BCUT2D eigenvalue weighted by Gasteiger charge is -2.03. The molecule has 1 rings (SSSR count). The van der Waals surface area contributed by atoms with E-state index in [0.717, 1.165) is 25.7 Å². The second-order valence-electron chi connectivity index (χ2n) is 6.38.